The normalized spacial score (nSPS) is 22.6. The molecule has 2 rings (SSSR count). The third-order valence-corrected chi connectivity index (χ3v) is 4.15. The van der Waals surface area contributed by atoms with Crippen LogP contribution in [-0.2, 0) is 4.79 Å². The SMILES string of the molecule is CC1CCC(C(=O)O)CN1C(=O)c1ccc(Br)cc1F. The minimum absolute atomic E-state index is 0.0221. The van der Waals surface area contributed by atoms with Crippen molar-refractivity contribution < 1.29 is 19.1 Å². The summed E-state index contributed by atoms with van der Waals surface area (Å²) in [6, 6.07) is 4.16. The Bertz CT molecular complexity index is 549. The molecule has 4 nitrogen and oxygen atoms in total. The number of aliphatic carboxylic acids is 1. The van der Waals surface area contributed by atoms with Gasteiger partial charge >= 0.3 is 5.97 Å². The molecule has 1 heterocycles. The molecule has 1 aromatic rings. The molecule has 0 aromatic heterocycles. The summed E-state index contributed by atoms with van der Waals surface area (Å²) in [5.41, 5.74) is -0.0221. The lowest BCUT2D eigenvalue weighted by atomic mass is 9.93. The predicted octanol–water partition coefficient (Wildman–Crippen LogP) is 2.91. The summed E-state index contributed by atoms with van der Waals surface area (Å²) in [5.74, 6) is -2.54. The molecule has 1 aliphatic rings. The lowest BCUT2D eigenvalue weighted by molar-refractivity contribution is -0.143. The smallest absolute Gasteiger partial charge is 0.308 e. The highest BCUT2D eigenvalue weighted by Gasteiger charge is 2.33. The van der Waals surface area contributed by atoms with E-state index in [1.165, 1.54) is 17.0 Å². The molecule has 1 aliphatic heterocycles. The fraction of sp³-hybridized carbons (Fsp3) is 0.429. The average molecular weight is 344 g/mol. The Kier molecular flexibility index (Phi) is 4.42. The second kappa shape index (κ2) is 5.91. The molecule has 1 aromatic carbocycles. The van der Waals surface area contributed by atoms with E-state index in [4.69, 9.17) is 5.11 Å². The minimum Gasteiger partial charge on any atom is -0.481 e. The monoisotopic (exact) mass is 343 g/mol. The number of carbonyl (C=O) groups excluding carboxylic acids is 1. The highest BCUT2D eigenvalue weighted by molar-refractivity contribution is 9.10. The van der Waals surface area contributed by atoms with Crippen molar-refractivity contribution in [1.82, 2.24) is 4.90 Å². The highest BCUT2D eigenvalue weighted by atomic mass is 79.9. The number of nitrogens with zero attached hydrogens (tertiary/aromatic N) is 1. The third-order valence-electron chi connectivity index (χ3n) is 3.65. The van der Waals surface area contributed by atoms with E-state index in [-0.39, 0.29) is 18.2 Å². The summed E-state index contributed by atoms with van der Waals surface area (Å²) in [6.45, 7) is 1.98. The van der Waals surface area contributed by atoms with Crippen LogP contribution in [0.5, 0.6) is 0 Å². The molecule has 0 saturated carbocycles. The molecule has 1 saturated heterocycles. The maximum Gasteiger partial charge on any atom is 0.308 e. The van der Waals surface area contributed by atoms with E-state index in [9.17, 15) is 14.0 Å². The number of amides is 1. The van der Waals surface area contributed by atoms with E-state index in [0.717, 1.165) is 0 Å². The van der Waals surface area contributed by atoms with E-state index in [2.05, 4.69) is 15.9 Å². The molecule has 2 atom stereocenters. The maximum atomic E-state index is 13.8. The molecule has 1 N–H and O–H groups in total. The van der Waals surface area contributed by atoms with Crippen LogP contribution in [0.2, 0.25) is 0 Å². The van der Waals surface area contributed by atoms with E-state index < -0.39 is 23.6 Å². The number of carboxylic acid groups (broad SMARTS) is 1. The van der Waals surface area contributed by atoms with E-state index in [0.29, 0.717) is 17.3 Å². The lowest BCUT2D eigenvalue weighted by Gasteiger charge is -2.36. The molecule has 108 valence electrons. The molecule has 1 fully saturated rings. The third kappa shape index (κ3) is 3.00. The van der Waals surface area contributed by atoms with Crippen LogP contribution in [0.25, 0.3) is 0 Å². The van der Waals surface area contributed by atoms with Gasteiger partial charge < -0.3 is 10.0 Å². The molecule has 0 radical (unpaired) electrons. The van der Waals surface area contributed by atoms with Crippen molar-refractivity contribution in [2.75, 3.05) is 6.54 Å². The van der Waals surface area contributed by atoms with Gasteiger partial charge in [-0.05, 0) is 38.0 Å². The van der Waals surface area contributed by atoms with Crippen LogP contribution in [0.1, 0.15) is 30.1 Å². The molecular weight excluding hydrogens is 329 g/mol. The summed E-state index contributed by atoms with van der Waals surface area (Å²) in [5, 5.41) is 9.07. The number of hydrogen-bond donors (Lipinski definition) is 1. The Morgan fingerprint density at radius 1 is 1.40 bits per heavy atom. The quantitative estimate of drug-likeness (QED) is 0.898. The van der Waals surface area contributed by atoms with E-state index in [1.807, 2.05) is 6.92 Å². The van der Waals surface area contributed by atoms with Gasteiger partial charge in [-0.3, -0.25) is 9.59 Å². The molecule has 0 spiro atoms. The van der Waals surface area contributed by atoms with Gasteiger partial charge in [0, 0.05) is 17.1 Å². The summed E-state index contributed by atoms with van der Waals surface area (Å²) >= 11 is 3.14. The zero-order valence-corrected chi connectivity index (χ0v) is 12.6. The van der Waals surface area contributed by atoms with Gasteiger partial charge in [-0.2, -0.15) is 0 Å². The summed E-state index contributed by atoms with van der Waals surface area (Å²) in [4.78, 5) is 24.9. The summed E-state index contributed by atoms with van der Waals surface area (Å²) in [7, 11) is 0. The van der Waals surface area contributed by atoms with Crippen molar-refractivity contribution in [2.45, 2.75) is 25.8 Å². The Morgan fingerprint density at radius 3 is 2.70 bits per heavy atom. The van der Waals surface area contributed by atoms with Crippen LogP contribution < -0.4 is 0 Å². The average Bonchev–Trinajstić information content (AvgIpc) is 2.38. The van der Waals surface area contributed by atoms with E-state index >= 15 is 0 Å². The minimum atomic E-state index is -0.911. The summed E-state index contributed by atoms with van der Waals surface area (Å²) < 4.78 is 14.4. The van der Waals surface area contributed by atoms with Gasteiger partial charge in [0.15, 0.2) is 0 Å². The maximum absolute atomic E-state index is 13.8. The number of piperidine rings is 1. The second-order valence-corrected chi connectivity index (χ2v) is 5.96. The van der Waals surface area contributed by atoms with Crippen molar-refractivity contribution in [1.29, 1.82) is 0 Å². The van der Waals surface area contributed by atoms with Gasteiger partial charge in [0.2, 0.25) is 0 Å². The second-order valence-electron chi connectivity index (χ2n) is 5.04. The molecule has 0 aliphatic carbocycles. The molecule has 0 bridgehead atoms. The number of carboxylic acids is 1. The zero-order valence-electron chi connectivity index (χ0n) is 11.0. The topological polar surface area (TPSA) is 57.6 Å². The van der Waals surface area contributed by atoms with E-state index in [1.54, 1.807) is 6.07 Å². The van der Waals surface area contributed by atoms with Crippen LogP contribution in [0.4, 0.5) is 4.39 Å². The van der Waals surface area contributed by atoms with Crippen molar-refractivity contribution >= 4 is 27.8 Å². The number of carbonyl (C=O) groups is 2. The van der Waals surface area contributed by atoms with Crippen LogP contribution in [-0.4, -0.2) is 34.5 Å². The first-order valence-corrected chi connectivity index (χ1v) is 7.18. The number of likely N-dealkylation sites (tertiary alicyclic amines) is 1. The first kappa shape index (κ1) is 15.0. The Hall–Kier alpha value is -1.43. The van der Waals surface area contributed by atoms with Crippen molar-refractivity contribution in [3.63, 3.8) is 0 Å². The Balaban J connectivity index is 2.24. The highest BCUT2D eigenvalue weighted by Crippen LogP contribution is 2.25. The van der Waals surface area contributed by atoms with Crippen LogP contribution in [0, 0.1) is 11.7 Å². The molecule has 6 heteroatoms. The molecule has 20 heavy (non-hydrogen) atoms. The van der Waals surface area contributed by atoms with Gasteiger partial charge in [0.1, 0.15) is 5.82 Å². The predicted molar refractivity (Wildman–Crippen MR) is 75.0 cm³/mol. The molecular formula is C14H15BrFNO3. The fourth-order valence-corrected chi connectivity index (χ4v) is 2.74. The van der Waals surface area contributed by atoms with Crippen molar-refractivity contribution in [2.24, 2.45) is 5.92 Å². The molecule has 1 amide bonds. The van der Waals surface area contributed by atoms with Gasteiger partial charge in [-0.25, -0.2) is 4.39 Å². The number of halogens is 2. The Labute approximate surface area is 124 Å². The van der Waals surface area contributed by atoms with Crippen molar-refractivity contribution in [3.8, 4) is 0 Å². The molecule has 2 unspecified atom stereocenters. The summed E-state index contributed by atoms with van der Waals surface area (Å²) in [6.07, 6.45) is 1.16. The standard InChI is InChI=1S/C14H15BrFNO3/c1-8-2-3-9(14(19)20)7-17(8)13(18)11-5-4-10(15)6-12(11)16/h4-6,8-9H,2-3,7H2,1H3,(H,19,20). The number of hydrogen-bond acceptors (Lipinski definition) is 2. The zero-order chi connectivity index (χ0) is 14.9. The number of rotatable bonds is 2. The first-order chi connectivity index (χ1) is 9.40. The van der Waals surface area contributed by atoms with Crippen molar-refractivity contribution in [3.05, 3.63) is 34.1 Å². The van der Waals surface area contributed by atoms with Crippen LogP contribution in [0.3, 0.4) is 0 Å². The van der Waals surface area contributed by atoms with Gasteiger partial charge in [0.25, 0.3) is 5.91 Å². The fourth-order valence-electron chi connectivity index (χ4n) is 2.41. The largest absolute Gasteiger partial charge is 0.481 e. The van der Waals surface area contributed by atoms with Gasteiger partial charge in [0.05, 0.1) is 11.5 Å². The first-order valence-electron chi connectivity index (χ1n) is 6.39. The number of benzene rings is 1. The van der Waals surface area contributed by atoms with Crippen LogP contribution in [0.15, 0.2) is 22.7 Å². The lowest BCUT2D eigenvalue weighted by Crippen LogP contribution is -2.47. The van der Waals surface area contributed by atoms with Gasteiger partial charge in [-0.15, -0.1) is 0 Å². The van der Waals surface area contributed by atoms with Gasteiger partial charge in [-0.1, -0.05) is 15.9 Å². The Morgan fingerprint density at radius 2 is 2.10 bits per heavy atom. The van der Waals surface area contributed by atoms with Crippen LogP contribution >= 0.6 is 15.9 Å².